The van der Waals surface area contributed by atoms with E-state index in [0.717, 1.165) is 48.0 Å². The van der Waals surface area contributed by atoms with Gasteiger partial charge in [0.15, 0.2) is 5.13 Å². The second-order valence-corrected chi connectivity index (χ2v) is 10.0. The minimum Gasteiger partial charge on any atom is -0.367 e. The molecule has 2 aliphatic rings. The van der Waals surface area contributed by atoms with Gasteiger partial charge in [-0.3, -0.25) is 4.79 Å². The van der Waals surface area contributed by atoms with Crippen molar-refractivity contribution < 1.29 is 9.18 Å². The predicted molar refractivity (Wildman–Crippen MR) is 130 cm³/mol. The van der Waals surface area contributed by atoms with E-state index in [0.29, 0.717) is 35.2 Å². The van der Waals surface area contributed by atoms with E-state index in [-0.39, 0.29) is 17.6 Å². The molecule has 5 rings (SSSR count). The number of fused-ring (bicyclic) bond motifs is 1. The molecule has 3 heterocycles. The van der Waals surface area contributed by atoms with Crippen molar-refractivity contribution in [1.82, 2.24) is 9.88 Å². The maximum absolute atomic E-state index is 14.1. The zero-order valence-electron chi connectivity index (χ0n) is 17.4. The maximum atomic E-state index is 14.1. The largest absolute Gasteiger partial charge is 0.367 e. The zero-order chi connectivity index (χ0) is 22.2. The van der Waals surface area contributed by atoms with E-state index in [1.807, 2.05) is 23.1 Å². The van der Waals surface area contributed by atoms with Gasteiger partial charge in [-0.2, -0.15) is 0 Å². The minimum absolute atomic E-state index is 0.0677. The van der Waals surface area contributed by atoms with Gasteiger partial charge in [0, 0.05) is 39.3 Å². The molecular weight excluding hydrogens is 470 g/mol. The quantitative estimate of drug-likeness (QED) is 0.496. The lowest BCUT2D eigenvalue weighted by atomic mass is 9.96. The Morgan fingerprint density at radius 1 is 1.03 bits per heavy atom. The molecule has 2 saturated heterocycles. The summed E-state index contributed by atoms with van der Waals surface area (Å²) < 4.78 is 14.9. The molecule has 168 valence electrons. The highest BCUT2D eigenvalue weighted by atomic mass is 35.5. The molecule has 0 radical (unpaired) electrons. The first-order valence-electron chi connectivity index (χ1n) is 10.8. The highest BCUT2D eigenvalue weighted by Crippen LogP contribution is 2.34. The van der Waals surface area contributed by atoms with Crippen molar-refractivity contribution in [3.05, 3.63) is 52.3 Å². The van der Waals surface area contributed by atoms with E-state index in [2.05, 4.69) is 14.8 Å². The lowest BCUT2D eigenvalue weighted by Crippen LogP contribution is -2.52. The Hall–Kier alpha value is -2.09. The van der Waals surface area contributed by atoms with Gasteiger partial charge in [-0.15, -0.1) is 0 Å². The molecule has 2 aromatic carbocycles. The van der Waals surface area contributed by atoms with Gasteiger partial charge in [-0.25, -0.2) is 9.37 Å². The fourth-order valence-corrected chi connectivity index (χ4v) is 5.98. The summed E-state index contributed by atoms with van der Waals surface area (Å²) in [5, 5.41) is 1.90. The monoisotopic (exact) mass is 492 g/mol. The van der Waals surface area contributed by atoms with Crippen molar-refractivity contribution in [3.63, 3.8) is 0 Å². The SMILES string of the molecule is O=C(C1CCCN(c2nc3c(F)cccc3s2)C1)N1CCN(c2cccc(Cl)c2Cl)CC1. The maximum Gasteiger partial charge on any atom is 0.227 e. The fraction of sp³-hybridized carbons (Fsp3) is 0.391. The molecule has 0 aliphatic carbocycles. The molecule has 32 heavy (non-hydrogen) atoms. The number of benzene rings is 2. The first kappa shape index (κ1) is 21.7. The summed E-state index contributed by atoms with van der Waals surface area (Å²) in [7, 11) is 0. The zero-order valence-corrected chi connectivity index (χ0v) is 19.8. The van der Waals surface area contributed by atoms with Gasteiger partial charge < -0.3 is 14.7 Å². The number of thiazole rings is 1. The summed E-state index contributed by atoms with van der Waals surface area (Å²) >= 11 is 14.0. The van der Waals surface area contributed by atoms with Gasteiger partial charge in [0.2, 0.25) is 5.91 Å². The van der Waals surface area contributed by atoms with Gasteiger partial charge in [-0.05, 0) is 37.1 Å². The summed E-state index contributed by atoms with van der Waals surface area (Å²) in [5.74, 6) is -0.173. The van der Waals surface area contributed by atoms with E-state index in [1.54, 1.807) is 12.1 Å². The standard InChI is InChI=1S/C23H23Cl2FN4OS/c24-16-5-1-7-18(20(16)25)28-10-12-29(13-11-28)22(31)15-4-3-9-30(14-15)23-27-21-17(26)6-2-8-19(21)32-23/h1-2,5-8,15H,3-4,9-14H2. The van der Waals surface area contributed by atoms with Crippen molar-refractivity contribution in [1.29, 1.82) is 0 Å². The van der Waals surface area contributed by atoms with Crippen LogP contribution in [0, 0.1) is 11.7 Å². The third kappa shape index (κ3) is 4.14. The number of anilines is 2. The molecule has 1 aromatic heterocycles. The number of halogens is 3. The number of para-hydroxylation sites is 1. The van der Waals surface area contributed by atoms with Crippen LogP contribution in [0.3, 0.4) is 0 Å². The summed E-state index contributed by atoms with van der Waals surface area (Å²) in [6.07, 6.45) is 1.79. The number of rotatable bonds is 3. The van der Waals surface area contributed by atoms with Gasteiger partial charge in [0.05, 0.1) is 26.4 Å². The molecule has 0 spiro atoms. The number of carbonyl (C=O) groups excluding carboxylic acids is 1. The van der Waals surface area contributed by atoms with Crippen LogP contribution in [0.15, 0.2) is 36.4 Å². The molecule has 3 aromatic rings. The van der Waals surface area contributed by atoms with Crippen molar-refractivity contribution >= 4 is 61.5 Å². The number of carbonyl (C=O) groups is 1. The second-order valence-electron chi connectivity index (χ2n) is 8.25. The molecule has 1 unspecified atom stereocenters. The second kappa shape index (κ2) is 9.04. The van der Waals surface area contributed by atoms with Crippen LogP contribution in [-0.2, 0) is 4.79 Å². The summed E-state index contributed by atoms with van der Waals surface area (Å²) in [6.45, 7) is 4.22. The van der Waals surface area contributed by atoms with Crippen molar-refractivity contribution in [2.75, 3.05) is 49.1 Å². The Bertz CT molecular complexity index is 1150. The summed E-state index contributed by atoms with van der Waals surface area (Å²) in [5.41, 5.74) is 1.33. The molecule has 2 fully saturated rings. The number of hydrogen-bond acceptors (Lipinski definition) is 5. The minimum atomic E-state index is -0.299. The molecule has 1 amide bonds. The summed E-state index contributed by atoms with van der Waals surface area (Å²) in [4.78, 5) is 24.1. The topological polar surface area (TPSA) is 39.7 Å². The number of hydrogen-bond donors (Lipinski definition) is 0. The molecule has 5 nitrogen and oxygen atoms in total. The Labute approximate surface area is 200 Å². The molecule has 0 bridgehead atoms. The van der Waals surface area contributed by atoms with Crippen LogP contribution in [0.4, 0.5) is 15.2 Å². The van der Waals surface area contributed by atoms with Crippen LogP contribution < -0.4 is 9.80 Å². The summed E-state index contributed by atoms with van der Waals surface area (Å²) in [6, 6.07) is 10.7. The normalized spacial score (nSPS) is 19.6. The average molecular weight is 493 g/mol. The van der Waals surface area contributed by atoms with Crippen LogP contribution in [0.25, 0.3) is 10.2 Å². The third-order valence-electron chi connectivity index (χ3n) is 6.26. The van der Waals surface area contributed by atoms with Crippen LogP contribution in [0.2, 0.25) is 10.0 Å². The van der Waals surface area contributed by atoms with Gasteiger partial charge in [0.25, 0.3) is 0 Å². The molecular formula is C23H23Cl2FN4OS. The van der Waals surface area contributed by atoms with Gasteiger partial charge in [0.1, 0.15) is 11.3 Å². The molecule has 1 atom stereocenters. The fourth-order valence-electron chi connectivity index (χ4n) is 4.55. The number of amides is 1. The number of aromatic nitrogens is 1. The Morgan fingerprint density at radius 2 is 1.81 bits per heavy atom. The van der Waals surface area contributed by atoms with E-state index >= 15 is 0 Å². The first-order valence-corrected chi connectivity index (χ1v) is 12.4. The number of piperidine rings is 1. The van der Waals surface area contributed by atoms with E-state index in [1.165, 1.54) is 17.4 Å². The van der Waals surface area contributed by atoms with Crippen LogP contribution in [-0.4, -0.2) is 55.1 Å². The van der Waals surface area contributed by atoms with Crippen LogP contribution in [0.5, 0.6) is 0 Å². The van der Waals surface area contributed by atoms with E-state index in [4.69, 9.17) is 23.2 Å². The lowest BCUT2D eigenvalue weighted by molar-refractivity contribution is -0.136. The van der Waals surface area contributed by atoms with Crippen molar-refractivity contribution in [2.45, 2.75) is 12.8 Å². The Kier molecular flexibility index (Phi) is 6.14. The predicted octanol–water partition coefficient (Wildman–Crippen LogP) is 5.31. The Morgan fingerprint density at radius 3 is 2.59 bits per heavy atom. The highest BCUT2D eigenvalue weighted by molar-refractivity contribution is 7.22. The van der Waals surface area contributed by atoms with Crippen molar-refractivity contribution in [2.24, 2.45) is 5.92 Å². The Balaban J connectivity index is 1.24. The van der Waals surface area contributed by atoms with E-state index < -0.39 is 0 Å². The van der Waals surface area contributed by atoms with E-state index in [9.17, 15) is 9.18 Å². The highest BCUT2D eigenvalue weighted by Gasteiger charge is 2.32. The first-order chi connectivity index (χ1) is 15.5. The molecule has 0 saturated carbocycles. The van der Waals surface area contributed by atoms with Crippen LogP contribution in [0.1, 0.15) is 12.8 Å². The molecule has 0 N–H and O–H groups in total. The lowest BCUT2D eigenvalue weighted by Gasteiger charge is -2.40. The van der Waals surface area contributed by atoms with Gasteiger partial charge >= 0.3 is 0 Å². The average Bonchev–Trinajstić information content (AvgIpc) is 3.27. The van der Waals surface area contributed by atoms with Gasteiger partial charge in [-0.1, -0.05) is 46.7 Å². The number of piperazine rings is 1. The molecule has 2 aliphatic heterocycles. The van der Waals surface area contributed by atoms with Crippen molar-refractivity contribution in [3.8, 4) is 0 Å². The smallest absolute Gasteiger partial charge is 0.227 e. The third-order valence-corrected chi connectivity index (χ3v) is 8.15. The molecule has 9 heteroatoms. The van der Waals surface area contributed by atoms with Crippen LogP contribution >= 0.6 is 34.5 Å². The number of nitrogens with zero attached hydrogens (tertiary/aromatic N) is 4.